The highest BCUT2D eigenvalue weighted by atomic mass is 35.5. The maximum atomic E-state index is 12.2. The van der Waals surface area contributed by atoms with Gasteiger partial charge in [0.05, 0.1) is 21.3 Å². The molecule has 0 radical (unpaired) electrons. The van der Waals surface area contributed by atoms with Gasteiger partial charge in [-0.2, -0.15) is 5.10 Å². The lowest BCUT2D eigenvalue weighted by Crippen LogP contribution is -2.24. The number of phenols is 1. The number of carbonyl (C=O) groups is 1. The first-order chi connectivity index (χ1) is 10.3. The zero-order valence-corrected chi connectivity index (χ0v) is 12.5. The topological polar surface area (TPSA) is 110 Å². The van der Waals surface area contributed by atoms with Crippen LogP contribution in [0.1, 0.15) is 18.7 Å². The summed E-state index contributed by atoms with van der Waals surface area (Å²) in [7, 11) is 0. The molecule has 1 amide bonds. The highest BCUT2D eigenvalue weighted by Gasteiger charge is 2.19. The number of hydrogen-bond acceptors (Lipinski definition) is 5. The van der Waals surface area contributed by atoms with Crippen LogP contribution in [0.3, 0.4) is 0 Å². The van der Waals surface area contributed by atoms with Crippen LogP contribution >= 0.6 is 11.6 Å². The number of benzene rings is 1. The molecule has 2 rings (SSSR count). The molecule has 1 aromatic carbocycles. The Morgan fingerprint density at radius 2 is 2.23 bits per heavy atom. The Balaban J connectivity index is 2.21. The van der Waals surface area contributed by atoms with Crippen molar-refractivity contribution >= 4 is 28.9 Å². The smallest absolute Gasteiger partial charge is 0.271 e. The first kappa shape index (κ1) is 15.8. The van der Waals surface area contributed by atoms with Gasteiger partial charge < -0.3 is 10.4 Å². The van der Waals surface area contributed by atoms with Gasteiger partial charge in [0.1, 0.15) is 11.8 Å². The van der Waals surface area contributed by atoms with E-state index in [-0.39, 0.29) is 17.1 Å². The molecule has 1 unspecified atom stereocenters. The number of hydrogen-bond donors (Lipinski definition) is 2. The number of anilines is 1. The Hall–Kier alpha value is -2.61. The average molecular weight is 325 g/mol. The number of rotatable bonds is 4. The van der Waals surface area contributed by atoms with Crippen LogP contribution in [0, 0.1) is 17.0 Å². The number of nitro groups is 1. The normalized spacial score (nSPS) is 12.0. The molecule has 0 aliphatic carbocycles. The molecule has 0 aliphatic heterocycles. The van der Waals surface area contributed by atoms with Gasteiger partial charge in [-0.3, -0.25) is 19.6 Å². The lowest BCUT2D eigenvalue weighted by atomic mass is 10.2. The molecule has 2 N–H and O–H groups in total. The summed E-state index contributed by atoms with van der Waals surface area (Å²) in [5.41, 5.74) is 0.305. The summed E-state index contributed by atoms with van der Waals surface area (Å²) >= 11 is 5.89. The summed E-state index contributed by atoms with van der Waals surface area (Å²) in [4.78, 5) is 22.3. The molecule has 0 fully saturated rings. The number of phenolic OH excluding ortho intramolecular Hbond substituents is 1. The molecule has 22 heavy (non-hydrogen) atoms. The molecular weight excluding hydrogens is 312 g/mol. The van der Waals surface area contributed by atoms with Crippen molar-refractivity contribution in [1.82, 2.24) is 9.78 Å². The van der Waals surface area contributed by atoms with Crippen LogP contribution in [0.25, 0.3) is 0 Å². The number of amides is 1. The maximum Gasteiger partial charge on any atom is 0.271 e. The largest absolute Gasteiger partial charge is 0.506 e. The molecule has 116 valence electrons. The van der Waals surface area contributed by atoms with E-state index in [1.165, 1.54) is 10.9 Å². The second kappa shape index (κ2) is 6.02. The Morgan fingerprint density at radius 3 is 2.77 bits per heavy atom. The number of nitrogens with zero attached hydrogens (tertiary/aromatic N) is 3. The van der Waals surface area contributed by atoms with E-state index in [0.717, 1.165) is 18.2 Å². The predicted molar refractivity (Wildman–Crippen MR) is 80.1 cm³/mol. The number of nitro benzene ring substituents is 1. The lowest BCUT2D eigenvalue weighted by molar-refractivity contribution is -0.384. The summed E-state index contributed by atoms with van der Waals surface area (Å²) < 4.78 is 1.38. The fourth-order valence-electron chi connectivity index (χ4n) is 1.75. The second-order valence-corrected chi connectivity index (χ2v) is 5.07. The van der Waals surface area contributed by atoms with Crippen LogP contribution < -0.4 is 5.32 Å². The van der Waals surface area contributed by atoms with Crippen LogP contribution in [0.2, 0.25) is 5.02 Å². The van der Waals surface area contributed by atoms with E-state index >= 15 is 0 Å². The molecule has 0 saturated heterocycles. The molecular formula is C13H13ClN4O4. The molecule has 0 spiro atoms. The van der Waals surface area contributed by atoms with Crippen LogP contribution in [-0.4, -0.2) is 25.7 Å². The minimum atomic E-state index is -0.704. The van der Waals surface area contributed by atoms with Gasteiger partial charge in [-0.1, -0.05) is 11.6 Å². The zero-order chi connectivity index (χ0) is 16.4. The van der Waals surface area contributed by atoms with E-state index in [1.54, 1.807) is 13.8 Å². The van der Waals surface area contributed by atoms with E-state index in [1.807, 2.05) is 0 Å². The van der Waals surface area contributed by atoms with Gasteiger partial charge in [-0.05, 0) is 19.9 Å². The SMILES string of the molecule is Cc1nn(C(C)C(=O)Nc2cc([N+](=O)[O-])ccc2O)cc1Cl. The summed E-state index contributed by atoms with van der Waals surface area (Å²) in [6.07, 6.45) is 1.51. The van der Waals surface area contributed by atoms with Crippen LogP contribution in [-0.2, 0) is 4.79 Å². The molecule has 2 aromatic rings. The van der Waals surface area contributed by atoms with E-state index < -0.39 is 16.9 Å². The van der Waals surface area contributed by atoms with Crippen molar-refractivity contribution in [2.75, 3.05) is 5.32 Å². The van der Waals surface area contributed by atoms with Crippen molar-refractivity contribution in [3.05, 3.63) is 45.2 Å². The quantitative estimate of drug-likeness (QED) is 0.510. The van der Waals surface area contributed by atoms with Crippen molar-refractivity contribution in [1.29, 1.82) is 0 Å². The van der Waals surface area contributed by atoms with Gasteiger partial charge in [0, 0.05) is 18.3 Å². The molecule has 0 bridgehead atoms. The van der Waals surface area contributed by atoms with Gasteiger partial charge in [0.25, 0.3) is 5.69 Å². The van der Waals surface area contributed by atoms with Crippen molar-refractivity contribution in [2.45, 2.75) is 19.9 Å². The second-order valence-electron chi connectivity index (χ2n) is 4.67. The molecule has 0 aliphatic rings. The third-order valence-corrected chi connectivity index (χ3v) is 3.45. The zero-order valence-electron chi connectivity index (χ0n) is 11.8. The van der Waals surface area contributed by atoms with Crippen LogP contribution in [0.5, 0.6) is 5.75 Å². The minimum absolute atomic E-state index is 0.0407. The Morgan fingerprint density at radius 1 is 1.55 bits per heavy atom. The van der Waals surface area contributed by atoms with Gasteiger partial charge in [0.2, 0.25) is 5.91 Å². The number of aromatic hydroxyl groups is 1. The standard InChI is InChI=1S/C13H13ClN4O4/c1-7-10(14)6-17(16-7)8(2)13(20)15-11-5-9(18(21)22)3-4-12(11)19/h3-6,8,19H,1-2H3,(H,15,20). The first-order valence-corrected chi connectivity index (χ1v) is 6.67. The lowest BCUT2D eigenvalue weighted by Gasteiger charge is -2.13. The van der Waals surface area contributed by atoms with Gasteiger partial charge in [-0.25, -0.2) is 0 Å². The number of carbonyl (C=O) groups excluding carboxylic acids is 1. The van der Waals surface area contributed by atoms with Crippen LogP contribution in [0.4, 0.5) is 11.4 Å². The minimum Gasteiger partial charge on any atom is -0.506 e. The molecule has 1 aromatic heterocycles. The highest BCUT2D eigenvalue weighted by Crippen LogP contribution is 2.28. The van der Waals surface area contributed by atoms with Crippen molar-refractivity contribution < 1.29 is 14.8 Å². The fourth-order valence-corrected chi connectivity index (χ4v) is 1.89. The van der Waals surface area contributed by atoms with Crippen molar-refractivity contribution in [3.8, 4) is 5.75 Å². The van der Waals surface area contributed by atoms with Gasteiger partial charge in [0.15, 0.2) is 0 Å². The van der Waals surface area contributed by atoms with E-state index in [2.05, 4.69) is 10.4 Å². The first-order valence-electron chi connectivity index (χ1n) is 6.29. The summed E-state index contributed by atoms with van der Waals surface area (Å²) in [6, 6.07) is 2.67. The number of aryl methyl sites for hydroxylation is 1. The molecule has 0 saturated carbocycles. The maximum absolute atomic E-state index is 12.2. The van der Waals surface area contributed by atoms with E-state index in [4.69, 9.17) is 11.6 Å². The predicted octanol–water partition coefficient (Wildman–Crippen LogP) is 2.66. The molecule has 1 heterocycles. The average Bonchev–Trinajstić information content (AvgIpc) is 2.79. The molecule has 8 nitrogen and oxygen atoms in total. The van der Waals surface area contributed by atoms with Crippen molar-refractivity contribution in [3.63, 3.8) is 0 Å². The summed E-state index contributed by atoms with van der Waals surface area (Å²) in [6.45, 7) is 3.29. The third-order valence-electron chi connectivity index (χ3n) is 3.08. The van der Waals surface area contributed by atoms with Crippen LogP contribution in [0.15, 0.2) is 24.4 Å². The highest BCUT2D eigenvalue weighted by molar-refractivity contribution is 6.31. The monoisotopic (exact) mass is 324 g/mol. The molecule has 1 atom stereocenters. The Labute approximate surface area is 130 Å². The Kier molecular flexibility index (Phi) is 4.32. The summed E-state index contributed by atoms with van der Waals surface area (Å²) in [5.74, 6) is -0.754. The van der Waals surface area contributed by atoms with Crippen molar-refractivity contribution in [2.24, 2.45) is 0 Å². The van der Waals surface area contributed by atoms with Gasteiger partial charge in [-0.15, -0.1) is 0 Å². The van der Waals surface area contributed by atoms with Gasteiger partial charge >= 0.3 is 0 Å². The Bertz CT molecular complexity index is 724. The number of non-ortho nitro benzene ring substituents is 1. The number of halogens is 1. The third kappa shape index (κ3) is 3.17. The van der Waals surface area contributed by atoms with E-state index in [0.29, 0.717) is 10.7 Å². The number of aromatic nitrogens is 2. The fraction of sp³-hybridized carbons (Fsp3) is 0.231. The number of nitrogens with one attached hydrogen (secondary N) is 1. The van der Waals surface area contributed by atoms with E-state index in [9.17, 15) is 20.0 Å². The summed E-state index contributed by atoms with van der Waals surface area (Å²) in [5, 5.41) is 27.4. The molecule has 9 heteroatoms.